The summed E-state index contributed by atoms with van der Waals surface area (Å²) in [5.41, 5.74) is 8.60. The Morgan fingerprint density at radius 2 is 2.10 bits per heavy atom. The molecule has 0 saturated heterocycles. The first-order valence-electron chi connectivity index (χ1n) is 6.73. The molecule has 1 atom stereocenters. The van der Waals surface area contributed by atoms with E-state index in [-0.39, 0.29) is 6.04 Å². The lowest BCUT2D eigenvalue weighted by molar-refractivity contribution is 0.305. The third-order valence-electron chi connectivity index (χ3n) is 3.20. The van der Waals surface area contributed by atoms with Crippen molar-refractivity contribution in [2.45, 2.75) is 32.9 Å². The number of aromatic nitrogens is 2. The maximum absolute atomic E-state index is 6.24. The summed E-state index contributed by atoms with van der Waals surface area (Å²) in [5.74, 6) is 0.629. The highest BCUT2D eigenvalue weighted by Gasteiger charge is 2.13. The van der Waals surface area contributed by atoms with Crippen LogP contribution in [-0.4, -0.2) is 15.8 Å². The third-order valence-corrected chi connectivity index (χ3v) is 3.96. The van der Waals surface area contributed by atoms with Crippen molar-refractivity contribution >= 4 is 23.2 Å². The van der Waals surface area contributed by atoms with Crippen molar-refractivity contribution in [3.8, 4) is 5.75 Å². The summed E-state index contributed by atoms with van der Waals surface area (Å²) >= 11 is 12.4. The maximum Gasteiger partial charge on any atom is 0.138 e. The van der Waals surface area contributed by atoms with Crippen LogP contribution in [0.5, 0.6) is 5.75 Å². The van der Waals surface area contributed by atoms with E-state index in [0.717, 1.165) is 23.2 Å². The van der Waals surface area contributed by atoms with Gasteiger partial charge in [0, 0.05) is 18.7 Å². The summed E-state index contributed by atoms with van der Waals surface area (Å²) in [4.78, 5) is 0. The van der Waals surface area contributed by atoms with Gasteiger partial charge in [0.1, 0.15) is 17.5 Å². The topological polar surface area (TPSA) is 53.1 Å². The number of benzene rings is 1. The lowest BCUT2D eigenvalue weighted by Gasteiger charge is -2.11. The zero-order valence-electron chi connectivity index (χ0n) is 12.4. The number of nitrogens with two attached hydrogens (primary N) is 1. The van der Waals surface area contributed by atoms with Crippen molar-refractivity contribution in [3.05, 3.63) is 45.2 Å². The molecule has 2 rings (SSSR count). The molecule has 0 fully saturated rings. The summed E-state index contributed by atoms with van der Waals surface area (Å²) in [6, 6.07) is 5.82. The molecule has 0 aliphatic heterocycles. The molecule has 0 amide bonds. The fourth-order valence-corrected chi connectivity index (χ4v) is 2.63. The predicted molar refractivity (Wildman–Crippen MR) is 86.1 cm³/mol. The Balaban J connectivity index is 2.10. The van der Waals surface area contributed by atoms with Crippen LogP contribution in [0.25, 0.3) is 0 Å². The first-order valence-corrected chi connectivity index (χ1v) is 7.49. The molecule has 0 aliphatic carbocycles. The third kappa shape index (κ3) is 3.90. The second kappa shape index (κ2) is 6.69. The molecule has 21 heavy (non-hydrogen) atoms. The highest BCUT2D eigenvalue weighted by molar-refractivity contribution is 6.32. The molecule has 2 N–H and O–H groups in total. The molecule has 0 spiro atoms. The standard InChI is InChI=1S/C15H19Cl2N3O/c1-9(18)6-11-4-5-14(13(16)7-11)21-8-12-10(2)19-20(3)15(12)17/h4-5,7,9H,6,8,18H2,1-3H3. The van der Waals surface area contributed by atoms with E-state index in [4.69, 9.17) is 33.7 Å². The summed E-state index contributed by atoms with van der Waals surface area (Å²) < 4.78 is 7.38. The molecule has 0 saturated carbocycles. The number of ether oxygens (including phenoxy) is 1. The second-order valence-corrected chi connectivity index (χ2v) is 5.98. The summed E-state index contributed by atoms with van der Waals surface area (Å²) in [7, 11) is 1.80. The molecule has 0 bridgehead atoms. The van der Waals surface area contributed by atoms with Crippen molar-refractivity contribution in [2.24, 2.45) is 12.8 Å². The lowest BCUT2D eigenvalue weighted by Crippen LogP contribution is -2.17. The molecule has 0 radical (unpaired) electrons. The lowest BCUT2D eigenvalue weighted by atomic mass is 10.1. The van der Waals surface area contributed by atoms with Crippen molar-refractivity contribution in [1.82, 2.24) is 9.78 Å². The van der Waals surface area contributed by atoms with E-state index >= 15 is 0 Å². The second-order valence-electron chi connectivity index (χ2n) is 5.21. The molecule has 1 heterocycles. The van der Waals surface area contributed by atoms with E-state index in [2.05, 4.69) is 5.10 Å². The van der Waals surface area contributed by atoms with Crippen molar-refractivity contribution in [2.75, 3.05) is 0 Å². The molecule has 0 aliphatic rings. The maximum atomic E-state index is 6.24. The van der Waals surface area contributed by atoms with E-state index < -0.39 is 0 Å². The van der Waals surface area contributed by atoms with Gasteiger partial charge < -0.3 is 10.5 Å². The van der Waals surface area contributed by atoms with Crippen LogP contribution in [0.2, 0.25) is 10.2 Å². The minimum Gasteiger partial charge on any atom is -0.487 e. The zero-order chi connectivity index (χ0) is 15.6. The van der Waals surface area contributed by atoms with Crippen molar-refractivity contribution in [3.63, 3.8) is 0 Å². The van der Waals surface area contributed by atoms with Gasteiger partial charge in [-0.25, -0.2) is 0 Å². The largest absolute Gasteiger partial charge is 0.487 e. The van der Waals surface area contributed by atoms with Crippen LogP contribution in [0.1, 0.15) is 23.7 Å². The van der Waals surface area contributed by atoms with Crippen LogP contribution in [0.15, 0.2) is 18.2 Å². The average Bonchev–Trinajstić information content (AvgIpc) is 2.62. The van der Waals surface area contributed by atoms with Crippen LogP contribution in [-0.2, 0) is 20.1 Å². The first kappa shape index (κ1) is 16.1. The van der Waals surface area contributed by atoms with Gasteiger partial charge in [0.05, 0.1) is 10.7 Å². The van der Waals surface area contributed by atoms with Gasteiger partial charge in [-0.1, -0.05) is 29.3 Å². The monoisotopic (exact) mass is 327 g/mol. The number of hydrogen-bond donors (Lipinski definition) is 1. The molecule has 4 nitrogen and oxygen atoms in total. The fourth-order valence-electron chi connectivity index (χ4n) is 2.15. The van der Waals surface area contributed by atoms with Gasteiger partial charge in [-0.2, -0.15) is 5.10 Å². The SMILES string of the molecule is Cc1nn(C)c(Cl)c1COc1ccc(CC(C)N)cc1Cl. The first-order chi connectivity index (χ1) is 9.88. The molecule has 2 aromatic rings. The molecule has 114 valence electrons. The van der Waals surface area contributed by atoms with Crippen LogP contribution in [0, 0.1) is 6.92 Å². The number of nitrogens with zero attached hydrogens (tertiary/aromatic N) is 2. The van der Waals surface area contributed by atoms with Gasteiger partial charge in [0.15, 0.2) is 0 Å². The van der Waals surface area contributed by atoms with Gasteiger partial charge >= 0.3 is 0 Å². The number of halogens is 2. The van der Waals surface area contributed by atoms with Gasteiger partial charge in [0.25, 0.3) is 0 Å². The summed E-state index contributed by atoms with van der Waals surface area (Å²) in [5, 5.41) is 5.41. The normalized spacial score (nSPS) is 12.5. The molecule has 6 heteroatoms. The van der Waals surface area contributed by atoms with Crippen LogP contribution < -0.4 is 10.5 Å². The Morgan fingerprint density at radius 3 is 2.62 bits per heavy atom. The van der Waals surface area contributed by atoms with E-state index in [0.29, 0.717) is 22.5 Å². The predicted octanol–water partition coefficient (Wildman–Crippen LogP) is 3.50. The van der Waals surface area contributed by atoms with Gasteiger partial charge in [-0.05, 0) is 38.0 Å². The highest BCUT2D eigenvalue weighted by Crippen LogP contribution is 2.28. The Bertz CT molecular complexity index is 638. The van der Waals surface area contributed by atoms with E-state index in [1.54, 1.807) is 11.7 Å². The van der Waals surface area contributed by atoms with Crippen molar-refractivity contribution in [1.29, 1.82) is 0 Å². The van der Waals surface area contributed by atoms with E-state index in [9.17, 15) is 0 Å². The Morgan fingerprint density at radius 1 is 1.38 bits per heavy atom. The quantitative estimate of drug-likeness (QED) is 0.914. The van der Waals surface area contributed by atoms with Gasteiger partial charge in [-0.15, -0.1) is 0 Å². The van der Waals surface area contributed by atoms with Crippen LogP contribution >= 0.6 is 23.2 Å². The Kier molecular flexibility index (Phi) is 5.14. The molecular weight excluding hydrogens is 309 g/mol. The van der Waals surface area contributed by atoms with Crippen LogP contribution in [0.4, 0.5) is 0 Å². The van der Waals surface area contributed by atoms with E-state index in [1.807, 2.05) is 32.0 Å². The number of rotatable bonds is 5. The van der Waals surface area contributed by atoms with Gasteiger partial charge in [0.2, 0.25) is 0 Å². The van der Waals surface area contributed by atoms with Crippen LogP contribution in [0.3, 0.4) is 0 Å². The zero-order valence-corrected chi connectivity index (χ0v) is 13.9. The summed E-state index contributed by atoms with van der Waals surface area (Å²) in [6.45, 7) is 4.20. The molecular formula is C15H19Cl2N3O. The highest BCUT2D eigenvalue weighted by atomic mass is 35.5. The summed E-state index contributed by atoms with van der Waals surface area (Å²) in [6.07, 6.45) is 0.785. The number of aryl methyl sites for hydroxylation is 2. The molecule has 1 aromatic heterocycles. The number of hydrogen-bond acceptors (Lipinski definition) is 3. The fraction of sp³-hybridized carbons (Fsp3) is 0.400. The Labute approximate surface area is 134 Å². The minimum absolute atomic E-state index is 0.102. The Hall–Kier alpha value is -1.23. The minimum atomic E-state index is 0.102. The van der Waals surface area contributed by atoms with E-state index in [1.165, 1.54) is 0 Å². The average molecular weight is 328 g/mol. The molecule has 1 aromatic carbocycles. The molecule has 1 unspecified atom stereocenters. The smallest absolute Gasteiger partial charge is 0.138 e. The van der Waals surface area contributed by atoms with Crippen molar-refractivity contribution < 1.29 is 4.74 Å². The van der Waals surface area contributed by atoms with Gasteiger partial charge in [-0.3, -0.25) is 4.68 Å².